The molecule has 6 heteroatoms. The maximum Gasteiger partial charge on any atom is 0.243 e. The number of sulfonamides is 1. The molecule has 0 aliphatic heterocycles. The summed E-state index contributed by atoms with van der Waals surface area (Å²) in [5.41, 5.74) is 0. The fourth-order valence-corrected chi connectivity index (χ4v) is 4.91. The van der Waals surface area contributed by atoms with E-state index in [2.05, 4.69) is 11.9 Å². The predicted octanol–water partition coefficient (Wildman–Crippen LogP) is 2.90. The van der Waals surface area contributed by atoms with Gasteiger partial charge in [-0.15, -0.1) is 17.9 Å². The summed E-state index contributed by atoms with van der Waals surface area (Å²) in [6.45, 7) is 6.84. The highest BCUT2D eigenvalue weighted by molar-refractivity contribution is 7.89. The van der Waals surface area contributed by atoms with Gasteiger partial charge in [0.2, 0.25) is 10.0 Å². The van der Waals surface area contributed by atoms with E-state index >= 15 is 0 Å². The third-order valence-electron chi connectivity index (χ3n) is 3.64. The van der Waals surface area contributed by atoms with Crippen LogP contribution in [0.3, 0.4) is 0 Å². The normalized spacial score (nSPS) is 15.6. The van der Waals surface area contributed by atoms with Gasteiger partial charge >= 0.3 is 0 Å². The molecule has 0 amide bonds. The first-order chi connectivity index (χ1) is 9.95. The van der Waals surface area contributed by atoms with E-state index in [9.17, 15) is 8.42 Å². The molecule has 1 saturated carbocycles. The topological polar surface area (TPSA) is 49.4 Å². The Bertz CT molecular complexity index is 589. The molecule has 1 N–H and O–H groups in total. The number of allylic oxidation sites excluding steroid dienone is 1. The van der Waals surface area contributed by atoms with Crippen LogP contribution in [0.25, 0.3) is 0 Å². The SMILES string of the molecule is C=CCCCN(C)S(=O)(=O)c1cc(CNC2CC2)sc1C. The molecule has 1 fully saturated rings. The summed E-state index contributed by atoms with van der Waals surface area (Å²) in [5, 5.41) is 3.43. The number of rotatable bonds is 9. The van der Waals surface area contributed by atoms with Crippen molar-refractivity contribution in [2.24, 2.45) is 0 Å². The van der Waals surface area contributed by atoms with Crippen molar-refractivity contribution in [1.29, 1.82) is 0 Å². The lowest BCUT2D eigenvalue weighted by Crippen LogP contribution is -2.28. The first-order valence-electron chi connectivity index (χ1n) is 7.35. The highest BCUT2D eigenvalue weighted by Crippen LogP contribution is 2.29. The number of nitrogens with one attached hydrogen (secondary N) is 1. The van der Waals surface area contributed by atoms with Crippen LogP contribution in [0.15, 0.2) is 23.6 Å². The van der Waals surface area contributed by atoms with Crippen molar-refractivity contribution >= 4 is 21.4 Å². The Morgan fingerprint density at radius 3 is 2.86 bits per heavy atom. The Kier molecular flexibility index (Phi) is 5.60. The number of nitrogens with zero attached hydrogens (tertiary/aromatic N) is 1. The third-order valence-corrected chi connectivity index (χ3v) is 6.80. The zero-order chi connectivity index (χ0) is 15.5. The summed E-state index contributed by atoms with van der Waals surface area (Å²) >= 11 is 1.57. The highest BCUT2D eigenvalue weighted by atomic mass is 32.2. The third kappa shape index (κ3) is 4.39. The van der Waals surface area contributed by atoms with Crippen LogP contribution in [0.5, 0.6) is 0 Å². The molecule has 0 spiro atoms. The van der Waals surface area contributed by atoms with Crippen molar-refractivity contribution in [2.45, 2.75) is 50.1 Å². The second-order valence-electron chi connectivity index (χ2n) is 5.55. The van der Waals surface area contributed by atoms with Crippen LogP contribution in [-0.2, 0) is 16.6 Å². The summed E-state index contributed by atoms with van der Waals surface area (Å²) in [7, 11) is -1.72. The average Bonchev–Trinajstić information content (AvgIpc) is 3.18. The van der Waals surface area contributed by atoms with Crippen LogP contribution in [0.2, 0.25) is 0 Å². The van der Waals surface area contributed by atoms with E-state index in [1.807, 2.05) is 19.1 Å². The molecular weight excluding hydrogens is 304 g/mol. The Hall–Kier alpha value is -0.690. The quantitative estimate of drug-likeness (QED) is 0.560. The van der Waals surface area contributed by atoms with Crippen molar-refractivity contribution in [3.05, 3.63) is 28.5 Å². The number of hydrogen-bond acceptors (Lipinski definition) is 4. The molecule has 118 valence electrons. The van der Waals surface area contributed by atoms with Gasteiger partial charge in [0.25, 0.3) is 0 Å². The zero-order valence-corrected chi connectivity index (χ0v) is 14.4. The van der Waals surface area contributed by atoms with Gasteiger partial charge in [-0.25, -0.2) is 12.7 Å². The minimum Gasteiger partial charge on any atom is -0.309 e. The first kappa shape index (κ1) is 16.7. The van der Waals surface area contributed by atoms with Gasteiger partial charge in [-0.1, -0.05) is 6.08 Å². The van der Waals surface area contributed by atoms with Crippen LogP contribution in [0, 0.1) is 6.92 Å². The number of unbranched alkanes of at least 4 members (excludes halogenated alkanes) is 1. The molecule has 1 aromatic rings. The smallest absolute Gasteiger partial charge is 0.243 e. The van der Waals surface area contributed by atoms with Crippen molar-refractivity contribution in [1.82, 2.24) is 9.62 Å². The second kappa shape index (κ2) is 7.05. The zero-order valence-electron chi connectivity index (χ0n) is 12.8. The van der Waals surface area contributed by atoms with E-state index < -0.39 is 10.0 Å². The molecule has 0 saturated heterocycles. The summed E-state index contributed by atoms with van der Waals surface area (Å²) in [4.78, 5) is 2.43. The largest absolute Gasteiger partial charge is 0.309 e. The van der Waals surface area contributed by atoms with Crippen molar-refractivity contribution in [2.75, 3.05) is 13.6 Å². The Morgan fingerprint density at radius 2 is 2.24 bits per heavy atom. The van der Waals surface area contributed by atoms with Gasteiger partial charge in [-0.2, -0.15) is 0 Å². The fraction of sp³-hybridized carbons (Fsp3) is 0.600. The first-order valence-corrected chi connectivity index (χ1v) is 9.60. The lowest BCUT2D eigenvalue weighted by atomic mass is 10.3. The van der Waals surface area contributed by atoms with Gasteiger partial charge in [0.15, 0.2) is 0 Å². The molecule has 4 nitrogen and oxygen atoms in total. The number of aryl methyl sites for hydroxylation is 1. The molecule has 0 atom stereocenters. The van der Waals surface area contributed by atoms with Gasteiger partial charge in [0.1, 0.15) is 0 Å². The van der Waals surface area contributed by atoms with Crippen molar-refractivity contribution < 1.29 is 8.42 Å². The van der Waals surface area contributed by atoms with Gasteiger partial charge in [0, 0.05) is 35.9 Å². The standard InChI is InChI=1S/C15H24N2O2S2/c1-4-5-6-9-17(3)21(18,19)15-10-14(20-12(15)2)11-16-13-7-8-13/h4,10,13,16H,1,5-9,11H2,2-3H3. The number of hydrogen-bond donors (Lipinski definition) is 1. The summed E-state index contributed by atoms with van der Waals surface area (Å²) in [6.07, 6.45) is 5.93. The van der Waals surface area contributed by atoms with E-state index in [0.717, 1.165) is 29.1 Å². The molecular formula is C15H24N2O2S2. The maximum absolute atomic E-state index is 12.6. The van der Waals surface area contributed by atoms with Gasteiger partial charge in [-0.3, -0.25) is 0 Å². The molecule has 1 aliphatic carbocycles. The minimum absolute atomic E-state index is 0.459. The second-order valence-corrected chi connectivity index (χ2v) is 8.90. The monoisotopic (exact) mass is 328 g/mol. The lowest BCUT2D eigenvalue weighted by Gasteiger charge is -2.16. The van der Waals surface area contributed by atoms with Crippen LogP contribution < -0.4 is 5.32 Å². The maximum atomic E-state index is 12.6. The Morgan fingerprint density at radius 1 is 1.52 bits per heavy atom. The van der Waals surface area contributed by atoms with E-state index in [1.165, 1.54) is 17.1 Å². The van der Waals surface area contributed by atoms with E-state index in [4.69, 9.17) is 0 Å². The van der Waals surface area contributed by atoms with Crippen molar-refractivity contribution in [3.8, 4) is 0 Å². The molecule has 0 aromatic carbocycles. The molecule has 21 heavy (non-hydrogen) atoms. The van der Waals surface area contributed by atoms with Crippen LogP contribution in [0.4, 0.5) is 0 Å². The Labute approximate surface area is 131 Å². The van der Waals surface area contributed by atoms with E-state index in [-0.39, 0.29) is 0 Å². The Balaban J connectivity index is 2.05. The fourth-order valence-electron chi connectivity index (χ4n) is 2.15. The van der Waals surface area contributed by atoms with Crippen LogP contribution >= 0.6 is 11.3 Å². The molecule has 0 unspecified atom stereocenters. The molecule has 2 rings (SSSR count). The van der Waals surface area contributed by atoms with Crippen LogP contribution in [-0.4, -0.2) is 32.4 Å². The van der Waals surface area contributed by atoms with Crippen molar-refractivity contribution in [3.63, 3.8) is 0 Å². The van der Waals surface area contributed by atoms with E-state index in [0.29, 0.717) is 17.5 Å². The summed E-state index contributed by atoms with van der Waals surface area (Å²) in [5.74, 6) is 0. The minimum atomic E-state index is -3.37. The molecule has 0 radical (unpaired) electrons. The summed E-state index contributed by atoms with van der Waals surface area (Å²) in [6, 6.07) is 2.46. The van der Waals surface area contributed by atoms with Gasteiger partial charge in [0.05, 0.1) is 4.90 Å². The van der Waals surface area contributed by atoms with Gasteiger partial charge < -0.3 is 5.32 Å². The molecule has 0 bridgehead atoms. The molecule has 1 heterocycles. The predicted molar refractivity (Wildman–Crippen MR) is 88.2 cm³/mol. The lowest BCUT2D eigenvalue weighted by molar-refractivity contribution is 0.462. The molecule has 1 aromatic heterocycles. The summed E-state index contributed by atoms with van der Waals surface area (Å²) < 4.78 is 26.6. The number of thiophene rings is 1. The van der Waals surface area contributed by atoms with Crippen LogP contribution in [0.1, 0.15) is 35.4 Å². The highest BCUT2D eigenvalue weighted by Gasteiger charge is 2.25. The average molecular weight is 329 g/mol. The van der Waals surface area contributed by atoms with Gasteiger partial charge in [-0.05, 0) is 38.7 Å². The molecule has 1 aliphatic rings. The van der Waals surface area contributed by atoms with E-state index in [1.54, 1.807) is 18.4 Å².